The molecule has 0 heterocycles. The lowest BCUT2D eigenvalue weighted by molar-refractivity contribution is -0.117. The normalized spacial score (nSPS) is 11.0. The minimum absolute atomic E-state index is 0.661. The number of nitrogens with zero attached hydrogens (tertiary/aromatic N) is 1. The highest BCUT2D eigenvalue weighted by Gasteiger charge is 1.96. The number of likely N-dealkylation sites (N-methyl/N-ethyl adjacent to an activating group) is 1. The summed E-state index contributed by atoms with van der Waals surface area (Å²) in [7, 11) is 1.78. The Morgan fingerprint density at radius 1 is 0.593 bits per heavy atom. The molecule has 0 aromatic heterocycles. The third-order valence-electron chi connectivity index (χ3n) is 5.41. The molecule has 0 aromatic rings. The number of carbonyl (C=O) groups is 1. The van der Waals surface area contributed by atoms with E-state index in [1.807, 2.05) is 0 Å². The molecule has 0 N–H and O–H groups in total. The maximum atomic E-state index is 10.4. The van der Waals surface area contributed by atoms with Crippen LogP contribution in [0, 0.1) is 0 Å². The zero-order valence-corrected chi connectivity index (χ0v) is 18.7. The van der Waals surface area contributed by atoms with Crippen LogP contribution >= 0.6 is 0 Å². The van der Waals surface area contributed by atoms with E-state index in [-0.39, 0.29) is 0 Å². The summed E-state index contributed by atoms with van der Waals surface area (Å²) in [5, 5.41) is 0. The summed E-state index contributed by atoms with van der Waals surface area (Å²) in [6.07, 6.45) is 26.2. The molecule has 0 unspecified atom stereocenters. The first kappa shape index (κ1) is 26.4. The zero-order valence-electron chi connectivity index (χ0n) is 18.7. The van der Waals surface area contributed by atoms with E-state index in [0.717, 1.165) is 19.4 Å². The van der Waals surface area contributed by atoms with Crippen molar-refractivity contribution in [3.8, 4) is 0 Å². The standard InChI is InChI=1S/C24H49NO2/c1-3-4-5-6-7-8-9-10-11-12-13-14-15-16-17-18-19-20-22-27-23-21-25(2)24-26/h24H,3-23H2,1-2H3. The highest BCUT2D eigenvalue weighted by molar-refractivity contribution is 5.46. The van der Waals surface area contributed by atoms with E-state index in [0.29, 0.717) is 13.2 Å². The fraction of sp³-hybridized carbons (Fsp3) is 0.958. The largest absolute Gasteiger partial charge is 0.380 e. The molecule has 3 nitrogen and oxygen atoms in total. The molecule has 162 valence electrons. The molecule has 0 aromatic carbocycles. The van der Waals surface area contributed by atoms with Gasteiger partial charge in [0.25, 0.3) is 0 Å². The van der Waals surface area contributed by atoms with Gasteiger partial charge in [0.2, 0.25) is 6.41 Å². The molecule has 0 spiro atoms. The minimum Gasteiger partial charge on any atom is -0.380 e. The highest BCUT2D eigenvalue weighted by atomic mass is 16.5. The maximum absolute atomic E-state index is 10.4. The van der Waals surface area contributed by atoms with Gasteiger partial charge >= 0.3 is 0 Å². The number of hydrogen-bond acceptors (Lipinski definition) is 2. The fourth-order valence-corrected chi connectivity index (χ4v) is 3.47. The van der Waals surface area contributed by atoms with Gasteiger partial charge in [-0.25, -0.2) is 0 Å². The Morgan fingerprint density at radius 3 is 1.33 bits per heavy atom. The highest BCUT2D eigenvalue weighted by Crippen LogP contribution is 2.14. The van der Waals surface area contributed by atoms with Gasteiger partial charge < -0.3 is 9.64 Å². The molecule has 27 heavy (non-hydrogen) atoms. The van der Waals surface area contributed by atoms with Gasteiger partial charge in [-0.1, -0.05) is 116 Å². The second-order valence-corrected chi connectivity index (χ2v) is 8.21. The summed E-state index contributed by atoms with van der Waals surface area (Å²) >= 11 is 0. The van der Waals surface area contributed by atoms with Gasteiger partial charge in [-0.3, -0.25) is 4.79 Å². The Balaban J connectivity index is 3.00. The summed E-state index contributed by atoms with van der Waals surface area (Å²) in [5.41, 5.74) is 0. The van der Waals surface area contributed by atoms with Gasteiger partial charge in [-0.15, -0.1) is 0 Å². The molecule has 0 aliphatic heterocycles. The molecule has 1 amide bonds. The lowest BCUT2D eigenvalue weighted by Gasteiger charge is -2.10. The second-order valence-electron chi connectivity index (χ2n) is 8.21. The summed E-state index contributed by atoms with van der Waals surface area (Å²) < 4.78 is 5.53. The van der Waals surface area contributed by atoms with Crippen molar-refractivity contribution in [2.75, 3.05) is 26.8 Å². The lowest BCUT2D eigenvalue weighted by Crippen LogP contribution is -2.21. The van der Waals surface area contributed by atoms with Crippen LogP contribution < -0.4 is 0 Å². The molecule has 0 saturated heterocycles. The molecule has 0 bridgehead atoms. The van der Waals surface area contributed by atoms with Gasteiger partial charge in [0, 0.05) is 20.2 Å². The molecule has 0 fully saturated rings. The van der Waals surface area contributed by atoms with Crippen molar-refractivity contribution < 1.29 is 9.53 Å². The SMILES string of the molecule is CCCCCCCCCCCCCCCCCCCCOCCN(C)C=O. The summed E-state index contributed by atoms with van der Waals surface area (Å²) in [5.74, 6) is 0. The van der Waals surface area contributed by atoms with E-state index in [1.54, 1.807) is 11.9 Å². The van der Waals surface area contributed by atoms with Crippen molar-refractivity contribution in [3.63, 3.8) is 0 Å². The van der Waals surface area contributed by atoms with Crippen molar-refractivity contribution in [2.45, 2.75) is 122 Å². The van der Waals surface area contributed by atoms with E-state index in [1.165, 1.54) is 109 Å². The van der Waals surface area contributed by atoms with Crippen LogP contribution in [0.4, 0.5) is 0 Å². The molecule has 3 heteroatoms. The van der Waals surface area contributed by atoms with Crippen LogP contribution in [-0.4, -0.2) is 38.1 Å². The van der Waals surface area contributed by atoms with E-state index in [9.17, 15) is 4.79 Å². The molecular weight excluding hydrogens is 334 g/mol. The first-order valence-electron chi connectivity index (χ1n) is 12.0. The molecule has 0 atom stereocenters. The van der Waals surface area contributed by atoms with Crippen LogP contribution in [0.3, 0.4) is 0 Å². The maximum Gasteiger partial charge on any atom is 0.209 e. The molecular formula is C24H49NO2. The van der Waals surface area contributed by atoms with E-state index in [4.69, 9.17) is 4.74 Å². The molecule has 0 aliphatic carbocycles. The number of amides is 1. The Kier molecular flexibility index (Phi) is 23.0. The fourth-order valence-electron chi connectivity index (χ4n) is 3.47. The van der Waals surface area contributed by atoms with Gasteiger partial charge in [0.1, 0.15) is 0 Å². The van der Waals surface area contributed by atoms with Crippen LogP contribution in [0.25, 0.3) is 0 Å². The summed E-state index contributed by atoms with van der Waals surface area (Å²) in [6, 6.07) is 0. The number of carbonyl (C=O) groups excluding carboxylic acids is 1. The minimum atomic E-state index is 0.661. The van der Waals surface area contributed by atoms with Crippen LogP contribution in [-0.2, 0) is 9.53 Å². The average molecular weight is 384 g/mol. The summed E-state index contributed by atoms with van der Waals surface area (Å²) in [4.78, 5) is 12.0. The number of rotatable bonds is 23. The van der Waals surface area contributed by atoms with Crippen LogP contribution in [0.5, 0.6) is 0 Å². The van der Waals surface area contributed by atoms with Crippen LogP contribution in [0.1, 0.15) is 122 Å². The molecule has 0 radical (unpaired) electrons. The van der Waals surface area contributed by atoms with Crippen molar-refractivity contribution in [1.82, 2.24) is 4.90 Å². The predicted octanol–water partition coefficient (Wildman–Crippen LogP) is 7.13. The third kappa shape index (κ3) is 23.4. The molecule has 0 rings (SSSR count). The molecule has 0 aliphatic rings. The molecule has 0 saturated carbocycles. The van der Waals surface area contributed by atoms with E-state index >= 15 is 0 Å². The van der Waals surface area contributed by atoms with Gasteiger partial charge in [0.15, 0.2) is 0 Å². The smallest absolute Gasteiger partial charge is 0.209 e. The summed E-state index contributed by atoms with van der Waals surface area (Å²) in [6.45, 7) is 4.49. The van der Waals surface area contributed by atoms with Gasteiger partial charge in [-0.05, 0) is 6.42 Å². The van der Waals surface area contributed by atoms with Crippen molar-refractivity contribution in [1.29, 1.82) is 0 Å². The number of ether oxygens (including phenoxy) is 1. The second kappa shape index (κ2) is 23.5. The van der Waals surface area contributed by atoms with Crippen molar-refractivity contribution in [2.24, 2.45) is 0 Å². The number of unbranched alkanes of at least 4 members (excludes halogenated alkanes) is 17. The van der Waals surface area contributed by atoms with Gasteiger partial charge in [-0.2, -0.15) is 0 Å². The quantitative estimate of drug-likeness (QED) is 0.139. The number of hydrogen-bond donors (Lipinski definition) is 0. The lowest BCUT2D eigenvalue weighted by atomic mass is 10.0. The Bertz CT molecular complexity index is 284. The Hall–Kier alpha value is -0.570. The third-order valence-corrected chi connectivity index (χ3v) is 5.41. The predicted molar refractivity (Wildman–Crippen MR) is 118 cm³/mol. The monoisotopic (exact) mass is 383 g/mol. The van der Waals surface area contributed by atoms with Crippen LogP contribution in [0.15, 0.2) is 0 Å². The van der Waals surface area contributed by atoms with E-state index < -0.39 is 0 Å². The van der Waals surface area contributed by atoms with Crippen LogP contribution in [0.2, 0.25) is 0 Å². The van der Waals surface area contributed by atoms with E-state index in [2.05, 4.69) is 6.92 Å². The first-order valence-corrected chi connectivity index (χ1v) is 12.0. The van der Waals surface area contributed by atoms with Gasteiger partial charge in [0.05, 0.1) is 6.61 Å². The van der Waals surface area contributed by atoms with Crippen molar-refractivity contribution >= 4 is 6.41 Å². The Morgan fingerprint density at radius 2 is 0.963 bits per heavy atom. The topological polar surface area (TPSA) is 29.5 Å². The first-order chi connectivity index (χ1) is 13.3. The average Bonchev–Trinajstić information content (AvgIpc) is 2.68. The van der Waals surface area contributed by atoms with Crippen molar-refractivity contribution in [3.05, 3.63) is 0 Å². The zero-order chi connectivity index (χ0) is 19.8. The Labute approximate surface area is 170 Å².